The maximum atomic E-state index is 12.6. The van der Waals surface area contributed by atoms with Crippen molar-refractivity contribution in [3.05, 3.63) is 46.0 Å². The first-order valence-electron chi connectivity index (χ1n) is 8.37. The number of para-hydroxylation sites is 1. The number of benzene rings is 2. The third-order valence-electron chi connectivity index (χ3n) is 4.46. The Hall–Kier alpha value is -2.29. The van der Waals surface area contributed by atoms with Gasteiger partial charge in [-0.2, -0.15) is 0 Å². The molecule has 1 atom stereocenters. The van der Waals surface area contributed by atoms with E-state index >= 15 is 0 Å². The lowest BCUT2D eigenvalue weighted by atomic mass is 10.1. The van der Waals surface area contributed by atoms with E-state index in [1.807, 2.05) is 30.3 Å². The molecule has 134 valence electrons. The Bertz CT molecular complexity index is 870. The van der Waals surface area contributed by atoms with Crippen molar-refractivity contribution in [2.24, 2.45) is 5.92 Å². The van der Waals surface area contributed by atoms with Gasteiger partial charge in [0.1, 0.15) is 13.2 Å². The maximum absolute atomic E-state index is 12.6. The van der Waals surface area contributed by atoms with Crippen molar-refractivity contribution in [1.29, 1.82) is 0 Å². The number of amides is 2. The van der Waals surface area contributed by atoms with Crippen LogP contribution in [0, 0.1) is 9.49 Å². The minimum absolute atomic E-state index is 0.0652. The minimum Gasteiger partial charge on any atom is -0.486 e. The maximum Gasteiger partial charge on any atom is 0.229 e. The van der Waals surface area contributed by atoms with Crippen LogP contribution in [0.1, 0.15) is 6.42 Å². The summed E-state index contributed by atoms with van der Waals surface area (Å²) in [5.41, 5.74) is 1.49. The van der Waals surface area contributed by atoms with Gasteiger partial charge in [-0.15, -0.1) is 0 Å². The zero-order valence-electron chi connectivity index (χ0n) is 13.9. The molecule has 2 aliphatic heterocycles. The number of hydrogen-bond donors (Lipinski definition) is 1. The largest absolute Gasteiger partial charge is 0.486 e. The summed E-state index contributed by atoms with van der Waals surface area (Å²) in [7, 11) is 0. The third-order valence-corrected chi connectivity index (χ3v) is 5.41. The molecule has 0 spiro atoms. The molecule has 0 bridgehead atoms. The number of carbonyl (C=O) groups is 2. The molecule has 4 rings (SSSR count). The number of nitrogens with one attached hydrogen (secondary N) is 1. The van der Waals surface area contributed by atoms with Crippen LogP contribution < -0.4 is 19.7 Å². The van der Waals surface area contributed by atoms with Crippen LogP contribution in [-0.4, -0.2) is 31.6 Å². The summed E-state index contributed by atoms with van der Waals surface area (Å²) in [5.74, 6) is 0.728. The molecule has 0 aliphatic carbocycles. The van der Waals surface area contributed by atoms with Crippen molar-refractivity contribution in [1.82, 2.24) is 0 Å². The van der Waals surface area contributed by atoms with Gasteiger partial charge >= 0.3 is 0 Å². The SMILES string of the molecule is O=C(Nc1ccccc1I)C1CC(=O)N(c2ccc3c(c2)OCCO3)C1. The Morgan fingerprint density at radius 3 is 2.69 bits per heavy atom. The Kier molecular flexibility index (Phi) is 4.71. The second-order valence-electron chi connectivity index (χ2n) is 6.20. The zero-order valence-corrected chi connectivity index (χ0v) is 16.1. The molecule has 1 unspecified atom stereocenters. The van der Waals surface area contributed by atoms with Crippen molar-refractivity contribution >= 4 is 45.8 Å². The molecule has 0 aromatic heterocycles. The third kappa shape index (κ3) is 3.35. The summed E-state index contributed by atoms with van der Waals surface area (Å²) in [6.07, 6.45) is 0.198. The average molecular weight is 464 g/mol. The molecule has 26 heavy (non-hydrogen) atoms. The predicted octanol–water partition coefficient (Wildman–Crippen LogP) is 3.05. The molecular formula is C19H17IN2O4. The smallest absolute Gasteiger partial charge is 0.229 e. The van der Waals surface area contributed by atoms with Crippen molar-refractivity contribution in [2.45, 2.75) is 6.42 Å². The molecule has 2 aromatic rings. The van der Waals surface area contributed by atoms with Gasteiger partial charge in [0, 0.05) is 28.3 Å². The molecule has 2 amide bonds. The highest BCUT2D eigenvalue weighted by Gasteiger charge is 2.35. The highest BCUT2D eigenvalue weighted by Crippen LogP contribution is 2.36. The van der Waals surface area contributed by atoms with Gasteiger partial charge in [0.05, 0.1) is 11.6 Å². The monoisotopic (exact) mass is 464 g/mol. The lowest BCUT2D eigenvalue weighted by Crippen LogP contribution is -2.28. The first-order valence-corrected chi connectivity index (χ1v) is 9.45. The number of halogens is 1. The number of nitrogens with zero attached hydrogens (tertiary/aromatic N) is 1. The number of ether oxygens (including phenoxy) is 2. The van der Waals surface area contributed by atoms with E-state index in [1.54, 1.807) is 17.0 Å². The van der Waals surface area contributed by atoms with E-state index in [0.29, 0.717) is 31.3 Å². The fourth-order valence-electron chi connectivity index (χ4n) is 3.13. The predicted molar refractivity (Wildman–Crippen MR) is 106 cm³/mol. The van der Waals surface area contributed by atoms with E-state index in [0.717, 1.165) is 14.9 Å². The van der Waals surface area contributed by atoms with Crippen LogP contribution in [0.25, 0.3) is 0 Å². The van der Waals surface area contributed by atoms with E-state index < -0.39 is 0 Å². The van der Waals surface area contributed by atoms with Gasteiger partial charge in [-0.3, -0.25) is 9.59 Å². The Labute approximate surface area is 164 Å². The fourth-order valence-corrected chi connectivity index (χ4v) is 3.65. The van der Waals surface area contributed by atoms with Crippen LogP contribution in [0.15, 0.2) is 42.5 Å². The molecule has 1 fully saturated rings. The molecule has 1 saturated heterocycles. The fraction of sp³-hybridized carbons (Fsp3) is 0.263. The summed E-state index contributed by atoms with van der Waals surface area (Å²) in [6.45, 7) is 1.37. The molecule has 2 aliphatic rings. The summed E-state index contributed by atoms with van der Waals surface area (Å²) in [5, 5.41) is 2.92. The summed E-state index contributed by atoms with van der Waals surface area (Å²) in [6, 6.07) is 13.0. The van der Waals surface area contributed by atoms with E-state index in [2.05, 4.69) is 27.9 Å². The van der Waals surface area contributed by atoms with Crippen molar-refractivity contribution in [3.63, 3.8) is 0 Å². The second-order valence-corrected chi connectivity index (χ2v) is 7.36. The standard InChI is InChI=1S/C19H17IN2O4/c20-14-3-1-2-4-15(14)21-19(24)12-9-18(23)22(11-12)13-5-6-16-17(10-13)26-8-7-25-16/h1-6,10,12H,7-9,11H2,(H,21,24). The van der Waals surface area contributed by atoms with E-state index in [1.165, 1.54) is 0 Å². The minimum atomic E-state index is -0.383. The van der Waals surface area contributed by atoms with Crippen LogP contribution in [0.4, 0.5) is 11.4 Å². The molecule has 7 heteroatoms. The lowest BCUT2D eigenvalue weighted by molar-refractivity contribution is -0.122. The van der Waals surface area contributed by atoms with Crippen LogP contribution >= 0.6 is 22.6 Å². The van der Waals surface area contributed by atoms with Crippen molar-refractivity contribution in [2.75, 3.05) is 30.0 Å². The molecule has 0 saturated carbocycles. The van der Waals surface area contributed by atoms with Crippen LogP contribution in [0.2, 0.25) is 0 Å². The molecule has 1 N–H and O–H groups in total. The van der Waals surface area contributed by atoms with Gasteiger partial charge in [0.15, 0.2) is 11.5 Å². The Balaban J connectivity index is 1.48. The van der Waals surface area contributed by atoms with Gasteiger partial charge in [-0.25, -0.2) is 0 Å². The molecule has 6 nitrogen and oxygen atoms in total. The van der Waals surface area contributed by atoms with Crippen LogP contribution in [-0.2, 0) is 9.59 Å². The van der Waals surface area contributed by atoms with E-state index in [9.17, 15) is 9.59 Å². The lowest BCUT2D eigenvalue weighted by Gasteiger charge is -2.22. The van der Waals surface area contributed by atoms with Crippen LogP contribution in [0.5, 0.6) is 11.5 Å². The molecule has 2 aromatic carbocycles. The van der Waals surface area contributed by atoms with Crippen molar-refractivity contribution in [3.8, 4) is 11.5 Å². The normalized spacial score (nSPS) is 18.7. The number of carbonyl (C=O) groups excluding carboxylic acids is 2. The van der Waals surface area contributed by atoms with E-state index in [-0.39, 0.29) is 24.2 Å². The summed E-state index contributed by atoms with van der Waals surface area (Å²) < 4.78 is 12.1. The Morgan fingerprint density at radius 2 is 1.88 bits per heavy atom. The number of fused-ring (bicyclic) bond motifs is 1. The summed E-state index contributed by atoms with van der Waals surface area (Å²) >= 11 is 2.18. The van der Waals surface area contributed by atoms with Gasteiger partial charge in [-0.1, -0.05) is 12.1 Å². The van der Waals surface area contributed by atoms with E-state index in [4.69, 9.17) is 9.47 Å². The number of hydrogen-bond acceptors (Lipinski definition) is 4. The first-order chi connectivity index (χ1) is 12.6. The number of anilines is 2. The van der Waals surface area contributed by atoms with Gasteiger partial charge < -0.3 is 19.7 Å². The topological polar surface area (TPSA) is 67.9 Å². The van der Waals surface area contributed by atoms with Gasteiger partial charge in [0.25, 0.3) is 0 Å². The number of rotatable bonds is 3. The zero-order chi connectivity index (χ0) is 18.1. The average Bonchev–Trinajstić information content (AvgIpc) is 3.05. The van der Waals surface area contributed by atoms with Gasteiger partial charge in [-0.05, 0) is 46.9 Å². The quantitative estimate of drug-likeness (QED) is 0.710. The Morgan fingerprint density at radius 1 is 1.12 bits per heavy atom. The second kappa shape index (κ2) is 7.14. The first kappa shape index (κ1) is 17.1. The van der Waals surface area contributed by atoms with Crippen LogP contribution in [0.3, 0.4) is 0 Å². The van der Waals surface area contributed by atoms with Gasteiger partial charge in [0.2, 0.25) is 11.8 Å². The summed E-state index contributed by atoms with van der Waals surface area (Å²) in [4.78, 5) is 26.7. The highest BCUT2D eigenvalue weighted by atomic mass is 127. The highest BCUT2D eigenvalue weighted by molar-refractivity contribution is 14.1. The molecule has 0 radical (unpaired) electrons. The molecule has 2 heterocycles. The van der Waals surface area contributed by atoms with Crippen molar-refractivity contribution < 1.29 is 19.1 Å². The molecular weight excluding hydrogens is 447 g/mol.